The predicted molar refractivity (Wildman–Crippen MR) is 97.0 cm³/mol. The molecule has 5 nitrogen and oxygen atoms in total. The van der Waals surface area contributed by atoms with E-state index in [2.05, 4.69) is 15.9 Å². The molecular weight excluding hydrogens is 388 g/mol. The minimum atomic E-state index is -0.443. The number of hydrogen-bond donors (Lipinski definition) is 0. The Kier molecular flexibility index (Phi) is 5.50. The number of esters is 1. The standard InChI is InChI=1S/C19H15BrO5/c20-14-5-8-15(9-6-14)23-11-1-2-18(21)24-16-7-3-13-4-10-19(22)25-17(13)12-16/h3-10,12H,1-2,11H2. The van der Waals surface area contributed by atoms with Crippen molar-refractivity contribution in [3.63, 3.8) is 0 Å². The van der Waals surface area contributed by atoms with Crippen LogP contribution < -0.4 is 15.1 Å². The number of ether oxygens (including phenoxy) is 2. The smallest absolute Gasteiger partial charge is 0.336 e. The van der Waals surface area contributed by atoms with Gasteiger partial charge in [-0.05, 0) is 48.9 Å². The van der Waals surface area contributed by atoms with Crippen molar-refractivity contribution >= 4 is 32.9 Å². The van der Waals surface area contributed by atoms with Crippen molar-refractivity contribution in [3.8, 4) is 11.5 Å². The largest absolute Gasteiger partial charge is 0.494 e. The lowest BCUT2D eigenvalue weighted by atomic mass is 10.2. The molecule has 0 bridgehead atoms. The second-order valence-electron chi connectivity index (χ2n) is 5.33. The molecule has 0 unspecified atom stereocenters. The van der Waals surface area contributed by atoms with E-state index >= 15 is 0 Å². The molecule has 0 radical (unpaired) electrons. The topological polar surface area (TPSA) is 65.7 Å². The maximum Gasteiger partial charge on any atom is 0.336 e. The third-order valence-corrected chi connectivity index (χ3v) is 3.96. The summed E-state index contributed by atoms with van der Waals surface area (Å²) in [5.41, 5.74) is -0.0579. The molecule has 1 heterocycles. The Morgan fingerprint density at radius 2 is 1.72 bits per heavy atom. The van der Waals surface area contributed by atoms with Gasteiger partial charge < -0.3 is 13.9 Å². The Bertz CT molecular complexity index is 930. The second kappa shape index (κ2) is 7.98. The van der Waals surface area contributed by atoms with Gasteiger partial charge in [-0.1, -0.05) is 15.9 Å². The highest BCUT2D eigenvalue weighted by molar-refractivity contribution is 9.10. The molecular formula is C19H15BrO5. The Hall–Kier alpha value is -2.60. The molecule has 3 rings (SSSR count). The van der Waals surface area contributed by atoms with Gasteiger partial charge in [-0.15, -0.1) is 0 Å². The normalized spacial score (nSPS) is 10.6. The van der Waals surface area contributed by atoms with Gasteiger partial charge in [-0.2, -0.15) is 0 Å². The van der Waals surface area contributed by atoms with Crippen molar-refractivity contribution in [1.29, 1.82) is 0 Å². The van der Waals surface area contributed by atoms with E-state index in [1.54, 1.807) is 18.2 Å². The summed E-state index contributed by atoms with van der Waals surface area (Å²) in [6, 6.07) is 15.4. The van der Waals surface area contributed by atoms with E-state index in [9.17, 15) is 9.59 Å². The SMILES string of the molecule is O=C(CCCOc1ccc(Br)cc1)Oc1ccc2ccc(=O)oc2c1. The van der Waals surface area contributed by atoms with Crippen LogP contribution in [0.5, 0.6) is 11.5 Å². The van der Waals surface area contributed by atoms with Gasteiger partial charge in [0.1, 0.15) is 17.1 Å². The van der Waals surface area contributed by atoms with E-state index in [4.69, 9.17) is 13.9 Å². The molecule has 0 atom stereocenters. The fraction of sp³-hybridized carbons (Fsp3) is 0.158. The second-order valence-corrected chi connectivity index (χ2v) is 6.25. The zero-order valence-corrected chi connectivity index (χ0v) is 14.8. The maximum absolute atomic E-state index is 11.9. The number of hydrogen-bond acceptors (Lipinski definition) is 5. The van der Waals surface area contributed by atoms with E-state index in [0.29, 0.717) is 24.4 Å². The van der Waals surface area contributed by atoms with Crippen LogP contribution in [0.1, 0.15) is 12.8 Å². The number of rotatable bonds is 6. The zero-order chi connectivity index (χ0) is 17.6. The third-order valence-electron chi connectivity index (χ3n) is 3.43. The number of benzene rings is 2. The first-order chi connectivity index (χ1) is 12.1. The lowest BCUT2D eigenvalue weighted by molar-refractivity contribution is -0.134. The summed E-state index contributed by atoms with van der Waals surface area (Å²) in [6.07, 6.45) is 0.769. The van der Waals surface area contributed by atoms with Crippen LogP contribution in [0.3, 0.4) is 0 Å². The van der Waals surface area contributed by atoms with Crippen LogP contribution in [-0.2, 0) is 4.79 Å². The summed E-state index contributed by atoms with van der Waals surface area (Å²) in [4.78, 5) is 23.1. The van der Waals surface area contributed by atoms with Gasteiger partial charge in [-0.25, -0.2) is 4.79 Å². The van der Waals surface area contributed by atoms with Gasteiger partial charge in [0, 0.05) is 28.4 Å². The number of halogens is 1. The summed E-state index contributed by atoms with van der Waals surface area (Å²) in [5, 5.41) is 0.766. The molecule has 0 aliphatic rings. The molecule has 0 spiro atoms. The average Bonchev–Trinajstić information content (AvgIpc) is 2.60. The summed E-state index contributed by atoms with van der Waals surface area (Å²) >= 11 is 3.36. The maximum atomic E-state index is 11.9. The van der Waals surface area contributed by atoms with Crippen molar-refractivity contribution < 1.29 is 18.7 Å². The molecule has 1 aromatic heterocycles. The minimum absolute atomic E-state index is 0.229. The highest BCUT2D eigenvalue weighted by atomic mass is 79.9. The van der Waals surface area contributed by atoms with Gasteiger partial charge in [-0.3, -0.25) is 4.79 Å². The first kappa shape index (κ1) is 17.2. The highest BCUT2D eigenvalue weighted by Crippen LogP contribution is 2.20. The molecule has 3 aromatic rings. The average molecular weight is 403 g/mol. The molecule has 0 N–H and O–H groups in total. The van der Waals surface area contributed by atoms with Crippen LogP contribution >= 0.6 is 15.9 Å². The Morgan fingerprint density at radius 3 is 2.52 bits per heavy atom. The molecule has 2 aromatic carbocycles. The summed E-state index contributed by atoms with van der Waals surface area (Å²) in [7, 11) is 0. The lowest BCUT2D eigenvalue weighted by Crippen LogP contribution is -2.10. The quantitative estimate of drug-likeness (QED) is 0.266. The van der Waals surface area contributed by atoms with E-state index < -0.39 is 5.63 Å². The third kappa shape index (κ3) is 4.93. The molecule has 0 amide bonds. The summed E-state index contributed by atoms with van der Waals surface area (Å²) in [6.45, 7) is 0.420. The van der Waals surface area contributed by atoms with E-state index in [1.807, 2.05) is 24.3 Å². The van der Waals surface area contributed by atoms with Gasteiger partial charge in [0.25, 0.3) is 0 Å². The van der Waals surface area contributed by atoms with Crippen LogP contribution in [-0.4, -0.2) is 12.6 Å². The minimum Gasteiger partial charge on any atom is -0.494 e. The number of carbonyl (C=O) groups is 1. The summed E-state index contributed by atoms with van der Waals surface area (Å²) < 4.78 is 16.9. The fourth-order valence-electron chi connectivity index (χ4n) is 2.22. The Balaban J connectivity index is 1.49. The van der Waals surface area contributed by atoms with E-state index in [1.165, 1.54) is 12.1 Å². The van der Waals surface area contributed by atoms with Crippen LogP contribution in [0.2, 0.25) is 0 Å². The molecule has 6 heteroatoms. The zero-order valence-electron chi connectivity index (χ0n) is 13.2. The van der Waals surface area contributed by atoms with Gasteiger partial charge in [0.2, 0.25) is 0 Å². The first-order valence-corrected chi connectivity index (χ1v) is 8.52. The van der Waals surface area contributed by atoms with Crippen molar-refractivity contribution in [3.05, 3.63) is 69.5 Å². The molecule has 0 aliphatic heterocycles. The number of carbonyl (C=O) groups excluding carboxylic acids is 1. The van der Waals surface area contributed by atoms with Crippen molar-refractivity contribution in [1.82, 2.24) is 0 Å². The monoisotopic (exact) mass is 402 g/mol. The molecule has 0 saturated heterocycles. The van der Waals surface area contributed by atoms with Crippen molar-refractivity contribution in [2.24, 2.45) is 0 Å². The molecule has 25 heavy (non-hydrogen) atoms. The first-order valence-electron chi connectivity index (χ1n) is 7.73. The molecule has 0 saturated carbocycles. The lowest BCUT2D eigenvalue weighted by Gasteiger charge is -2.07. The van der Waals surface area contributed by atoms with Gasteiger partial charge >= 0.3 is 11.6 Å². The fourth-order valence-corrected chi connectivity index (χ4v) is 2.49. The van der Waals surface area contributed by atoms with Crippen molar-refractivity contribution in [2.75, 3.05) is 6.61 Å². The number of fused-ring (bicyclic) bond motifs is 1. The van der Waals surface area contributed by atoms with Gasteiger partial charge in [0.05, 0.1) is 6.61 Å². The summed E-state index contributed by atoms with van der Waals surface area (Å²) in [5.74, 6) is 0.735. The van der Waals surface area contributed by atoms with Crippen LogP contribution in [0.4, 0.5) is 0 Å². The molecule has 0 fully saturated rings. The van der Waals surface area contributed by atoms with Gasteiger partial charge in [0.15, 0.2) is 0 Å². The van der Waals surface area contributed by atoms with Crippen LogP contribution in [0.25, 0.3) is 11.0 Å². The molecule has 128 valence electrons. The van der Waals surface area contributed by atoms with E-state index in [0.717, 1.165) is 15.6 Å². The Labute approximate surface area is 152 Å². The van der Waals surface area contributed by atoms with E-state index in [-0.39, 0.29) is 12.4 Å². The Morgan fingerprint density at radius 1 is 1.00 bits per heavy atom. The van der Waals surface area contributed by atoms with Crippen LogP contribution in [0.15, 0.2) is 68.3 Å². The van der Waals surface area contributed by atoms with Crippen LogP contribution in [0, 0.1) is 0 Å². The van der Waals surface area contributed by atoms with Crippen molar-refractivity contribution in [2.45, 2.75) is 12.8 Å². The predicted octanol–water partition coefficient (Wildman–Crippen LogP) is 4.32. The highest BCUT2D eigenvalue weighted by Gasteiger charge is 2.07. The molecule has 0 aliphatic carbocycles.